The summed E-state index contributed by atoms with van der Waals surface area (Å²) in [5.41, 5.74) is 3.43. The van der Waals surface area contributed by atoms with Gasteiger partial charge in [-0.3, -0.25) is 9.79 Å². The first-order valence-electron chi connectivity index (χ1n) is 12.3. The standard InChI is InChI=1S/C28H22FN7O2S/c1-3-22-30-13-17(14-31-22)25-24(32-15(2)39-25)27-35-36-28(38-27)34-26-21(37)12-19-18(10-7-11-20(19)29)23(33-26)16-8-5-4-6-9-16/h4-11,13-14,26H,3,12H2,1-2H3,(H,34,36)/t26-/m0/s1. The maximum atomic E-state index is 14.8. The number of hydrogen-bond acceptors (Lipinski definition) is 10. The van der Waals surface area contributed by atoms with Crippen LogP contribution in [0.15, 0.2) is 70.3 Å². The fourth-order valence-corrected chi connectivity index (χ4v) is 5.24. The second-order valence-corrected chi connectivity index (χ2v) is 10.1. The van der Waals surface area contributed by atoms with Gasteiger partial charge in [-0.25, -0.2) is 19.3 Å². The highest BCUT2D eigenvalue weighted by molar-refractivity contribution is 7.15. The van der Waals surface area contributed by atoms with Crippen molar-refractivity contribution in [2.24, 2.45) is 4.99 Å². The molecule has 1 aliphatic rings. The van der Waals surface area contributed by atoms with E-state index in [0.717, 1.165) is 33.3 Å². The van der Waals surface area contributed by atoms with E-state index in [0.29, 0.717) is 22.5 Å². The number of aryl methyl sites for hydroxylation is 2. The molecule has 4 heterocycles. The molecule has 0 spiro atoms. The predicted molar refractivity (Wildman–Crippen MR) is 145 cm³/mol. The van der Waals surface area contributed by atoms with Crippen LogP contribution in [0.4, 0.5) is 10.4 Å². The summed E-state index contributed by atoms with van der Waals surface area (Å²) in [5.74, 6) is 0.147. The average molecular weight is 540 g/mol. The van der Waals surface area contributed by atoms with Gasteiger partial charge in [-0.05, 0) is 13.0 Å². The number of ketones is 1. The molecule has 194 valence electrons. The van der Waals surface area contributed by atoms with E-state index >= 15 is 0 Å². The first-order chi connectivity index (χ1) is 19.0. The maximum Gasteiger partial charge on any atom is 0.317 e. The zero-order valence-corrected chi connectivity index (χ0v) is 21.9. The van der Waals surface area contributed by atoms with Crippen molar-refractivity contribution >= 4 is 28.8 Å². The number of rotatable bonds is 6. The smallest absolute Gasteiger partial charge is 0.317 e. The van der Waals surface area contributed by atoms with Crippen LogP contribution in [0.5, 0.6) is 0 Å². The van der Waals surface area contributed by atoms with Crippen molar-refractivity contribution in [3.05, 3.63) is 94.3 Å². The zero-order chi connectivity index (χ0) is 26.9. The summed E-state index contributed by atoms with van der Waals surface area (Å²) >= 11 is 1.47. The summed E-state index contributed by atoms with van der Waals surface area (Å²) in [6, 6.07) is 14.1. The number of nitrogens with zero attached hydrogens (tertiary/aromatic N) is 6. The van der Waals surface area contributed by atoms with Gasteiger partial charge in [0.05, 0.1) is 15.6 Å². The predicted octanol–water partition coefficient (Wildman–Crippen LogP) is 5.06. The third-order valence-corrected chi connectivity index (χ3v) is 7.26. The number of carbonyl (C=O) groups is 1. The highest BCUT2D eigenvalue weighted by Crippen LogP contribution is 2.36. The largest absolute Gasteiger partial charge is 0.402 e. The molecular weight excluding hydrogens is 517 g/mol. The summed E-state index contributed by atoms with van der Waals surface area (Å²) in [6.07, 6.45) is 3.03. The van der Waals surface area contributed by atoms with E-state index in [1.165, 1.54) is 17.4 Å². The number of benzene rings is 2. The molecule has 0 saturated heterocycles. The number of anilines is 1. The lowest BCUT2D eigenvalue weighted by atomic mass is 9.95. The highest BCUT2D eigenvalue weighted by atomic mass is 32.1. The second kappa shape index (κ2) is 10.3. The quantitative estimate of drug-likeness (QED) is 0.318. The van der Waals surface area contributed by atoms with E-state index in [1.807, 2.05) is 44.2 Å². The molecule has 0 fully saturated rings. The number of fused-ring (bicyclic) bond motifs is 1. The monoisotopic (exact) mass is 539 g/mol. The van der Waals surface area contributed by atoms with Crippen molar-refractivity contribution < 1.29 is 13.6 Å². The Labute approximate surface area is 226 Å². The van der Waals surface area contributed by atoms with Crippen LogP contribution in [0, 0.1) is 12.7 Å². The van der Waals surface area contributed by atoms with Crippen LogP contribution < -0.4 is 5.32 Å². The van der Waals surface area contributed by atoms with Crippen molar-refractivity contribution in [2.45, 2.75) is 32.9 Å². The van der Waals surface area contributed by atoms with Gasteiger partial charge in [0.15, 0.2) is 11.9 Å². The lowest BCUT2D eigenvalue weighted by molar-refractivity contribution is -0.119. The van der Waals surface area contributed by atoms with Gasteiger partial charge < -0.3 is 9.73 Å². The highest BCUT2D eigenvalue weighted by Gasteiger charge is 2.29. The molecule has 0 unspecified atom stereocenters. The van der Waals surface area contributed by atoms with Crippen LogP contribution >= 0.6 is 11.3 Å². The summed E-state index contributed by atoms with van der Waals surface area (Å²) in [4.78, 5) is 32.1. The Kier molecular flexibility index (Phi) is 6.49. The molecule has 1 aliphatic heterocycles. The molecule has 5 aromatic rings. The van der Waals surface area contributed by atoms with Gasteiger partial charge in [0, 0.05) is 47.5 Å². The van der Waals surface area contributed by atoms with Crippen molar-refractivity contribution in [3.8, 4) is 22.0 Å². The molecule has 0 saturated carbocycles. The molecule has 1 N–H and O–H groups in total. The van der Waals surface area contributed by atoms with Gasteiger partial charge in [0.1, 0.15) is 17.3 Å². The van der Waals surface area contributed by atoms with Crippen molar-refractivity contribution in [1.29, 1.82) is 0 Å². The second-order valence-electron chi connectivity index (χ2n) is 8.86. The fourth-order valence-electron chi connectivity index (χ4n) is 4.36. The minimum atomic E-state index is -1.06. The van der Waals surface area contributed by atoms with Crippen LogP contribution in [0.25, 0.3) is 22.0 Å². The fraction of sp³-hybridized carbons (Fsp3) is 0.179. The van der Waals surface area contributed by atoms with Gasteiger partial charge >= 0.3 is 6.01 Å². The molecular formula is C28H22FN7O2S. The zero-order valence-electron chi connectivity index (χ0n) is 21.1. The molecule has 11 heteroatoms. The number of thiazole rings is 1. The van der Waals surface area contributed by atoms with E-state index < -0.39 is 12.0 Å². The van der Waals surface area contributed by atoms with Crippen LogP contribution in [0.2, 0.25) is 0 Å². The molecule has 0 radical (unpaired) electrons. The Bertz CT molecular complexity index is 1700. The van der Waals surface area contributed by atoms with E-state index in [2.05, 4.69) is 30.5 Å². The average Bonchev–Trinajstić information content (AvgIpc) is 3.55. The lowest BCUT2D eigenvalue weighted by Gasteiger charge is -2.11. The number of hydrogen-bond donors (Lipinski definition) is 1. The number of nitrogens with one attached hydrogen (secondary N) is 1. The first-order valence-corrected chi connectivity index (χ1v) is 13.1. The molecule has 0 aliphatic carbocycles. The SMILES string of the molecule is CCc1ncc(-c2sc(C)nc2-c2nnc(N[C@@H]3N=C(c4ccccc4)c4cccc(F)c4CC3=O)o2)cn1. The summed E-state index contributed by atoms with van der Waals surface area (Å²) in [5, 5.41) is 12.0. The van der Waals surface area contributed by atoms with Gasteiger partial charge in [-0.1, -0.05) is 54.5 Å². The van der Waals surface area contributed by atoms with E-state index in [1.54, 1.807) is 24.5 Å². The summed E-state index contributed by atoms with van der Waals surface area (Å²) in [7, 11) is 0. The Morgan fingerprint density at radius 1 is 1.05 bits per heavy atom. The van der Waals surface area contributed by atoms with Crippen molar-refractivity contribution in [2.75, 3.05) is 5.32 Å². The minimum absolute atomic E-state index is 0.000115. The van der Waals surface area contributed by atoms with Gasteiger partial charge in [0.25, 0.3) is 5.89 Å². The third-order valence-electron chi connectivity index (χ3n) is 6.24. The normalized spacial score (nSPS) is 15.0. The number of Topliss-reactive ketones (excluding diaryl/α,β-unsaturated/α-hetero) is 1. The molecule has 39 heavy (non-hydrogen) atoms. The molecule has 3 aromatic heterocycles. The molecule has 9 nitrogen and oxygen atoms in total. The summed E-state index contributed by atoms with van der Waals surface area (Å²) in [6.45, 7) is 3.88. The Morgan fingerprint density at radius 3 is 2.62 bits per heavy atom. The third kappa shape index (κ3) is 4.84. The minimum Gasteiger partial charge on any atom is -0.402 e. The molecule has 6 rings (SSSR count). The van der Waals surface area contributed by atoms with Crippen molar-refractivity contribution in [3.63, 3.8) is 0 Å². The van der Waals surface area contributed by atoms with Crippen LogP contribution in [-0.2, 0) is 17.6 Å². The van der Waals surface area contributed by atoms with E-state index in [9.17, 15) is 9.18 Å². The van der Waals surface area contributed by atoms with E-state index in [-0.39, 0.29) is 24.1 Å². The van der Waals surface area contributed by atoms with Crippen LogP contribution in [-0.4, -0.2) is 42.8 Å². The van der Waals surface area contributed by atoms with Gasteiger partial charge in [-0.15, -0.1) is 16.4 Å². The Hall–Kier alpha value is -4.64. The molecule has 0 amide bonds. The Morgan fingerprint density at radius 2 is 1.85 bits per heavy atom. The van der Waals surface area contributed by atoms with Crippen LogP contribution in [0.3, 0.4) is 0 Å². The van der Waals surface area contributed by atoms with Gasteiger partial charge in [-0.2, -0.15) is 0 Å². The maximum absolute atomic E-state index is 14.8. The molecule has 1 atom stereocenters. The van der Waals surface area contributed by atoms with Gasteiger partial charge in [0.2, 0.25) is 0 Å². The molecule has 2 aromatic carbocycles. The van der Waals surface area contributed by atoms with Crippen molar-refractivity contribution in [1.82, 2.24) is 25.1 Å². The number of carbonyl (C=O) groups excluding carboxylic acids is 1. The first kappa shape index (κ1) is 24.7. The van der Waals surface area contributed by atoms with E-state index in [4.69, 9.17) is 9.41 Å². The number of halogens is 1. The Balaban J connectivity index is 1.34. The molecule has 0 bridgehead atoms. The summed E-state index contributed by atoms with van der Waals surface area (Å²) < 4.78 is 20.7. The number of aromatic nitrogens is 5. The van der Waals surface area contributed by atoms with Crippen LogP contribution in [0.1, 0.15) is 34.4 Å². The lowest BCUT2D eigenvalue weighted by Crippen LogP contribution is -2.29. The topological polar surface area (TPSA) is 119 Å². The number of aliphatic imine (C=N–C) groups is 1.